The Morgan fingerprint density at radius 2 is 1.50 bits per heavy atom. The van der Waals surface area contributed by atoms with Crippen LogP contribution in [0, 0.1) is 20.8 Å². The number of aromatic nitrogens is 4. The number of esters is 1. The summed E-state index contributed by atoms with van der Waals surface area (Å²) in [5.41, 5.74) is 9.77. The highest BCUT2D eigenvalue weighted by atomic mass is 35.5. The van der Waals surface area contributed by atoms with Gasteiger partial charge in [0, 0.05) is 46.0 Å². The van der Waals surface area contributed by atoms with Crippen LogP contribution in [0.3, 0.4) is 0 Å². The highest BCUT2D eigenvalue weighted by Gasteiger charge is 2.32. The number of fused-ring (bicyclic) bond motifs is 4. The molecular weight excluding hydrogens is 944 g/mol. The average molecular weight is 1010 g/mol. The maximum atomic E-state index is 13.7. The van der Waals surface area contributed by atoms with Crippen molar-refractivity contribution in [2.45, 2.75) is 78.9 Å². The van der Waals surface area contributed by atoms with Crippen molar-refractivity contribution in [2.75, 3.05) is 58.1 Å². The zero-order valence-corrected chi connectivity index (χ0v) is 43.2. The van der Waals surface area contributed by atoms with Gasteiger partial charge in [-0.25, -0.2) is 9.78 Å². The molecule has 3 aromatic carbocycles. The SMILES string of the molecule is C=C1Cc2ccc(-c3ccc(NCCOCCOCCOCCOc4ccc(CC(=O)C[C@@H]5N=C(c6ccc(Cl)cc6)c6c(sc(C)c6C)-n6c(C)nnc65)cc4)nc3C(=O)OC(C)(C)C)cc2C1.S. The number of nitrogens with one attached hydrogen (secondary N) is 1. The zero-order valence-electron chi connectivity index (χ0n) is 40.7. The second-order valence-electron chi connectivity index (χ2n) is 18.3. The number of benzene rings is 3. The summed E-state index contributed by atoms with van der Waals surface area (Å²) in [6, 6.07) is 24.8. The largest absolute Gasteiger partial charge is 0.491 e. The van der Waals surface area contributed by atoms with Crippen molar-refractivity contribution < 1.29 is 33.3 Å². The van der Waals surface area contributed by atoms with Crippen LogP contribution in [0.15, 0.2) is 96.0 Å². The van der Waals surface area contributed by atoms with E-state index >= 15 is 0 Å². The van der Waals surface area contributed by atoms with Crippen molar-refractivity contribution >= 4 is 59.7 Å². The predicted molar refractivity (Wildman–Crippen MR) is 281 cm³/mol. The van der Waals surface area contributed by atoms with Gasteiger partial charge in [0.2, 0.25) is 0 Å². The lowest BCUT2D eigenvalue weighted by molar-refractivity contribution is -0.118. The summed E-state index contributed by atoms with van der Waals surface area (Å²) in [5, 5.41) is 13.9. The van der Waals surface area contributed by atoms with Gasteiger partial charge in [-0.2, -0.15) is 13.5 Å². The summed E-state index contributed by atoms with van der Waals surface area (Å²) >= 11 is 7.94. The standard InChI is InChI=1S/C54H59ClN6O7S.H2S/c1-33-28-39-10-11-40(31-41(39)29-33)45-18-19-47(58-50(45)53(63)68-54(5,6)7)56-20-21-64-22-23-65-24-25-66-26-27-67-44-16-8-37(9-17-44)30-43(62)32-46-51-60-59-36(4)61(51)52-48(34(2)35(3)69-52)49(57-46)38-12-14-42(55)15-13-38;/h8-19,31,46H,1,20-30,32H2,2-7H3,(H,56,58);1H2/t46-;/m0./s1. The smallest absolute Gasteiger partial charge is 0.358 e. The monoisotopic (exact) mass is 1000 g/mol. The summed E-state index contributed by atoms with van der Waals surface area (Å²) in [7, 11) is 0. The van der Waals surface area contributed by atoms with Crippen molar-refractivity contribution in [3.05, 3.63) is 152 Å². The Kier molecular flexibility index (Phi) is 17.5. The molecule has 6 aromatic rings. The Morgan fingerprint density at radius 1 is 0.829 bits per heavy atom. The molecular formula is C54H61ClN6O7S2. The van der Waals surface area contributed by atoms with Crippen molar-refractivity contribution in [1.29, 1.82) is 0 Å². The molecule has 70 heavy (non-hydrogen) atoms. The molecule has 0 saturated carbocycles. The lowest BCUT2D eigenvalue weighted by Gasteiger charge is -2.20. The quantitative estimate of drug-likeness (QED) is 0.0417. The van der Waals surface area contributed by atoms with Gasteiger partial charge >= 0.3 is 5.97 Å². The van der Waals surface area contributed by atoms with Crippen LogP contribution in [0.2, 0.25) is 5.02 Å². The summed E-state index contributed by atoms with van der Waals surface area (Å²) in [5.74, 6) is 2.24. The molecule has 0 fully saturated rings. The summed E-state index contributed by atoms with van der Waals surface area (Å²) < 4.78 is 30.8. The fourth-order valence-corrected chi connectivity index (χ4v) is 9.71. The lowest BCUT2D eigenvalue weighted by atomic mass is 9.99. The number of rotatable bonds is 21. The van der Waals surface area contributed by atoms with Crippen LogP contribution in [0.25, 0.3) is 16.1 Å². The fourth-order valence-electron chi connectivity index (χ4n) is 8.37. The number of carbonyl (C=O) groups is 2. The molecule has 0 saturated heterocycles. The van der Waals surface area contributed by atoms with E-state index in [4.69, 9.17) is 40.3 Å². The third-order valence-corrected chi connectivity index (χ3v) is 13.2. The number of ether oxygens (including phenoxy) is 5. The minimum atomic E-state index is -0.660. The van der Waals surface area contributed by atoms with Crippen LogP contribution in [0.1, 0.15) is 93.6 Å². The second kappa shape index (κ2) is 23.5. The van der Waals surface area contributed by atoms with E-state index < -0.39 is 17.6 Å². The van der Waals surface area contributed by atoms with Gasteiger partial charge in [-0.05, 0) is 119 Å². The summed E-state index contributed by atoms with van der Waals surface area (Å²) in [4.78, 5) is 38.1. The van der Waals surface area contributed by atoms with Crippen LogP contribution in [-0.4, -0.2) is 95.6 Å². The summed E-state index contributed by atoms with van der Waals surface area (Å²) in [6.07, 6.45) is 2.16. The number of aliphatic imine (C=N–C) groups is 1. The Hall–Kier alpha value is -5.68. The minimum absolute atomic E-state index is 0. The molecule has 0 radical (unpaired) electrons. The Bertz CT molecular complexity index is 2850. The highest BCUT2D eigenvalue weighted by molar-refractivity contribution is 7.59. The first-order chi connectivity index (χ1) is 33.2. The first kappa shape index (κ1) is 52.2. The molecule has 2 aliphatic rings. The number of allylic oxidation sites excluding steroid dienone is 1. The number of Topliss-reactive ketones (excluding diaryl/α,β-unsaturated/α-hetero) is 1. The number of anilines is 1. The molecule has 368 valence electrons. The Labute approximate surface area is 426 Å². The molecule has 0 unspecified atom stereocenters. The van der Waals surface area contributed by atoms with Gasteiger partial charge in [-0.15, -0.1) is 21.5 Å². The van der Waals surface area contributed by atoms with Crippen LogP contribution in [0.4, 0.5) is 5.82 Å². The number of ketones is 1. The first-order valence-corrected chi connectivity index (χ1v) is 24.5. The number of halogens is 1. The van der Waals surface area contributed by atoms with E-state index in [1.54, 1.807) is 11.3 Å². The van der Waals surface area contributed by atoms with Crippen LogP contribution >= 0.6 is 36.4 Å². The lowest BCUT2D eigenvalue weighted by Crippen LogP contribution is -2.25. The first-order valence-electron chi connectivity index (χ1n) is 23.3. The molecule has 4 heterocycles. The number of hydrogen-bond donors (Lipinski definition) is 1. The van der Waals surface area contributed by atoms with E-state index in [-0.39, 0.29) is 37.8 Å². The predicted octanol–water partition coefficient (Wildman–Crippen LogP) is 10.3. The normalized spacial score (nSPS) is 14.0. The van der Waals surface area contributed by atoms with Gasteiger partial charge in [0.1, 0.15) is 46.4 Å². The highest BCUT2D eigenvalue weighted by Crippen LogP contribution is 2.40. The molecule has 0 amide bonds. The maximum absolute atomic E-state index is 13.7. The van der Waals surface area contributed by atoms with E-state index in [1.807, 2.05) is 94.4 Å². The fraction of sp³-hybridized carbons (Fsp3) is 0.370. The third-order valence-electron chi connectivity index (χ3n) is 11.8. The molecule has 8 rings (SSSR count). The van der Waals surface area contributed by atoms with E-state index in [0.29, 0.717) is 75.2 Å². The molecule has 0 spiro atoms. The number of pyridine rings is 1. The maximum Gasteiger partial charge on any atom is 0.358 e. The zero-order chi connectivity index (χ0) is 48.7. The molecule has 1 aliphatic carbocycles. The molecule has 1 N–H and O–H groups in total. The van der Waals surface area contributed by atoms with E-state index in [1.165, 1.54) is 21.6 Å². The number of nitrogens with zero attached hydrogens (tertiary/aromatic N) is 5. The van der Waals surface area contributed by atoms with E-state index in [9.17, 15) is 9.59 Å². The second-order valence-corrected chi connectivity index (χ2v) is 19.9. The Balaban J connectivity index is 0.00000722. The van der Waals surface area contributed by atoms with Gasteiger partial charge in [-0.3, -0.25) is 14.4 Å². The van der Waals surface area contributed by atoms with Gasteiger partial charge < -0.3 is 29.0 Å². The van der Waals surface area contributed by atoms with Gasteiger partial charge in [-0.1, -0.05) is 66.2 Å². The van der Waals surface area contributed by atoms with Gasteiger partial charge in [0.05, 0.1) is 45.4 Å². The van der Waals surface area contributed by atoms with Crippen molar-refractivity contribution in [3.8, 4) is 21.9 Å². The average Bonchev–Trinajstić information content (AvgIpc) is 3.95. The number of aryl methyl sites for hydroxylation is 2. The molecule has 16 heteroatoms. The van der Waals surface area contributed by atoms with E-state index in [2.05, 4.69) is 57.6 Å². The third kappa shape index (κ3) is 13.0. The van der Waals surface area contributed by atoms with Crippen molar-refractivity contribution in [1.82, 2.24) is 19.7 Å². The van der Waals surface area contributed by atoms with Crippen molar-refractivity contribution in [2.24, 2.45) is 4.99 Å². The molecule has 1 aliphatic heterocycles. The number of hydrogen-bond acceptors (Lipinski definition) is 13. The molecule has 3 aromatic heterocycles. The van der Waals surface area contributed by atoms with Crippen molar-refractivity contribution in [3.63, 3.8) is 0 Å². The number of thiophene rings is 1. The molecule has 0 bridgehead atoms. The number of carbonyl (C=O) groups excluding carboxylic acids is 2. The van der Waals surface area contributed by atoms with Crippen LogP contribution in [-0.2, 0) is 43.0 Å². The summed E-state index contributed by atoms with van der Waals surface area (Å²) in [6.45, 7) is 19.2. The Morgan fingerprint density at radius 3 is 2.21 bits per heavy atom. The molecule has 13 nitrogen and oxygen atoms in total. The van der Waals surface area contributed by atoms with Gasteiger partial charge in [0.15, 0.2) is 11.5 Å². The van der Waals surface area contributed by atoms with Crippen LogP contribution in [0.5, 0.6) is 5.75 Å². The van der Waals surface area contributed by atoms with Gasteiger partial charge in [0.25, 0.3) is 0 Å². The minimum Gasteiger partial charge on any atom is -0.491 e. The molecule has 1 atom stereocenters. The topological polar surface area (TPSA) is 148 Å². The van der Waals surface area contributed by atoms with Crippen LogP contribution < -0.4 is 10.1 Å². The van der Waals surface area contributed by atoms with E-state index in [0.717, 1.165) is 62.8 Å².